The molecule has 4 nitrogen and oxygen atoms in total. The zero-order chi connectivity index (χ0) is 19.7. The van der Waals surface area contributed by atoms with E-state index in [4.69, 9.17) is 4.98 Å². The molecule has 0 saturated heterocycles. The normalized spacial score (nSPS) is 11.2. The van der Waals surface area contributed by atoms with E-state index in [-0.39, 0.29) is 5.91 Å². The fraction of sp³-hybridized carbons (Fsp3) is 0.250. The van der Waals surface area contributed by atoms with Gasteiger partial charge in [0.1, 0.15) is 0 Å². The van der Waals surface area contributed by atoms with Crippen LogP contribution in [0.15, 0.2) is 48.7 Å². The van der Waals surface area contributed by atoms with Gasteiger partial charge in [-0.3, -0.25) is 4.79 Å². The van der Waals surface area contributed by atoms with Gasteiger partial charge < -0.3 is 10.3 Å². The van der Waals surface area contributed by atoms with Gasteiger partial charge in [-0.1, -0.05) is 32.0 Å². The lowest BCUT2D eigenvalue weighted by molar-refractivity contribution is 0.0955. The first-order chi connectivity index (χ1) is 13.6. The Kier molecular flexibility index (Phi) is 4.86. The molecule has 0 aliphatic heterocycles. The summed E-state index contributed by atoms with van der Waals surface area (Å²) in [6, 6.07) is 14.4. The number of hydrogen-bond donors (Lipinski definition) is 2. The highest BCUT2D eigenvalue weighted by molar-refractivity contribution is 6.08. The largest absolute Gasteiger partial charge is 0.360 e. The second-order valence-corrected chi connectivity index (χ2v) is 7.27. The molecule has 0 aliphatic carbocycles. The molecule has 4 rings (SSSR count). The van der Waals surface area contributed by atoms with Crippen molar-refractivity contribution < 1.29 is 4.79 Å². The van der Waals surface area contributed by atoms with Crippen molar-refractivity contribution in [1.29, 1.82) is 0 Å². The zero-order valence-corrected chi connectivity index (χ0v) is 16.6. The lowest BCUT2D eigenvalue weighted by atomic mass is 10.0. The summed E-state index contributed by atoms with van der Waals surface area (Å²) in [7, 11) is 0. The van der Waals surface area contributed by atoms with Gasteiger partial charge in [0.2, 0.25) is 0 Å². The lowest BCUT2D eigenvalue weighted by Crippen LogP contribution is -2.24. The molecule has 28 heavy (non-hydrogen) atoms. The van der Waals surface area contributed by atoms with E-state index in [0.29, 0.717) is 12.1 Å². The summed E-state index contributed by atoms with van der Waals surface area (Å²) in [5.41, 5.74) is 6.86. The highest BCUT2D eigenvalue weighted by Gasteiger charge is 2.16. The van der Waals surface area contributed by atoms with Crippen LogP contribution in [-0.2, 0) is 6.42 Å². The molecule has 0 atom stereocenters. The van der Waals surface area contributed by atoms with E-state index in [9.17, 15) is 4.79 Å². The highest BCUT2D eigenvalue weighted by atomic mass is 16.1. The molecular formula is C24H25N3O. The van der Waals surface area contributed by atoms with Crippen LogP contribution in [0.25, 0.3) is 33.1 Å². The minimum Gasteiger partial charge on any atom is -0.360 e. The molecule has 2 aromatic carbocycles. The first kappa shape index (κ1) is 18.2. The van der Waals surface area contributed by atoms with Crippen molar-refractivity contribution in [2.45, 2.75) is 33.6 Å². The van der Waals surface area contributed by atoms with E-state index in [0.717, 1.165) is 51.5 Å². The van der Waals surface area contributed by atoms with Crippen LogP contribution < -0.4 is 5.32 Å². The third-order valence-corrected chi connectivity index (χ3v) is 5.18. The van der Waals surface area contributed by atoms with Gasteiger partial charge in [-0.05, 0) is 55.2 Å². The number of fused-ring (bicyclic) bond motifs is 2. The van der Waals surface area contributed by atoms with Crippen molar-refractivity contribution in [2.75, 3.05) is 6.54 Å². The SMILES string of the molecule is CCCNC(=O)c1cc(-c2c[nH]c3ccc(CC)cc23)nc2cc(C)ccc12. The van der Waals surface area contributed by atoms with Crippen LogP contribution in [0.2, 0.25) is 0 Å². The van der Waals surface area contributed by atoms with Crippen molar-refractivity contribution in [3.63, 3.8) is 0 Å². The van der Waals surface area contributed by atoms with Crippen LogP contribution in [-0.4, -0.2) is 22.4 Å². The van der Waals surface area contributed by atoms with Gasteiger partial charge in [0.15, 0.2) is 0 Å². The minimum atomic E-state index is -0.0477. The van der Waals surface area contributed by atoms with Crippen molar-refractivity contribution in [1.82, 2.24) is 15.3 Å². The molecule has 4 aromatic rings. The Morgan fingerprint density at radius 3 is 2.71 bits per heavy atom. The van der Waals surface area contributed by atoms with Crippen molar-refractivity contribution in [2.24, 2.45) is 0 Å². The number of H-pyrrole nitrogens is 1. The third kappa shape index (κ3) is 3.26. The summed E-state index contributed by atoms with van der Waals surface area (Å²) >= 11 is 0. The number of aromatic nitrogens is 2. The van der Waals surface area contributed by atoms with Gasteiger partial charge in [-0.25, -0.2) is 4.98 Å². The quantitative estimate of drug-likeness (QED) is 0.494. The average Bonchev–Trinajstić information content (AvgIpc) is 3.13. The second kappa shape index (κ2) is 7.47. The number of nitrogens with zero attached hydrogens (tertiary/aromatic N) is 1. The summed E-state index contributed by atoms with van der Waals surface area (Å²) in [6.07, 6.45) is 3.88. The smallest absolute Gasteiger partial charge is 0.252 e. The number of pyridine rings is 1. The number of nitrogens with one attached hydrogen (secondary N) is 2. The molecule has 2 aromatic heterocycles. The number of aryl methyl sites for hydroxylation is 2. The van der Waals surface area contributed by atoms with Crippen LogP contribution in [0.1, 0.15) is 41.8 Å². The van der Waals surface area contributed by atoms with Gasteiger partial charge >= 0.3 is 0 Å². The Morgan fingerprint density at radius 2 is 1.93 bits per heavy atom. The summed E-state index contributed by atoms with van der Waals surface area (Å²) < 4.78 is 0. The van der Waals surface area contributed by atoms with E-state index in [1.54, 1.807) is 0 Å². The maximum Gasteiger partial charge on any atom is 0.252 e. The fourth-order valence-electron chi connectivity index (χ4n) is 3.60. The molecule has 0 fully saturated rings. The van der Waals surface area contributed by atoms with Gasteiger partial charge in [0.05, 0.1) is 16.8 Å². The van der Waals surface area contributed by atoms with Crippen LogP contribution >= 0.6 is 0 Å². The van der Waals surface area contributed by atoms with Crippen LogP contribution in [0.3, 0.4) is 0 Å². The maximum absolute atomic E-state index is 12.8. The standard InChI is InChI=1S/C24H25N3O/c1-4-10-25-24(28)19-13-23(27-22-11-15(3)6-8-17(19)22)20-14-26-21-9-7-16(5-2)12-18(20)21/h6-9,11-14,26H,4-5,10H2,1-3H3,(H,25,28). The molecule has 0 unspecified atom stereocenters. The van der Waals surface area contributed by atoms with E-state index >= 15 is 0 Å². The third-order valence-electron chi connectivity index (χ3n) is 5.18. The molecule has 0 saturated carbocycles. The minimum absolute atomic E-state index is 0.0477. The number of benzene rings is 2. The molecule has 0 bridgehead atoms. The van der Waals surface area contributed by atoms with Crippen molar-refractivity contribution >= 4 is 27.7 Å². The van der Waals surface area contributed by atoms with Crippen LogP contribution in [0.5, 0.6) is 0 Å². The van der Waals surface area contributed by atoms with E-state index in [2.05, 4.69) is 42.3 Å². The predicted molar refractivity (Wildman–Crippen MR) is 116 cm³/mol. The van der Waals surface area contributed by atoms with E-state index in [1.165, 1.54) is 5.56 Å². The summed E-state index contributed by atoms with van der Waals surface area (Å²) in [5.74, 6) is -0.0477. The number of carbonyl (C=O) groups excluding carboxylic acids is 1. The summed E-state index contributed by atoms with van der Waals surface area (Å²) in [5, 5.41) is 5.03. The summed E-state index contributed by atoms with van der Waals surface area (Å²) in [4.78, 5) is 21.1. The second-order valence-electron chi connectivity index (χ2n) is 7.27. The first-order valence-corrected chi connectivity index (χ1v) is 9.90. The first-order valence-electron chi connectivity index (χ1n) is 9.90. The molecule has 4 heteroatoms. The number of rotatable bonds is 5. The molecule has 2 heterocycles. The molecular weight excluding hydrogens is 346 g/mol. The van der Waals surface area contributed by atoms with Gasteiger partial charge in [-0.15, -0.1) is 0 Å². The molecule has 0 aliphatic rings. The number of hydrogen-bond acceptors (Lipinski definition) is 2. The van der Waals surface area contributed by atoms with Crippen LogP contribution in [0.4, 0.5) is 0 Å². The fourth-order valence-corrected chi connectivity index (χ4v) is 3.60. The lowest BCUT2D eigenvalue weighted by Gasteiger charge is -2.11. The molecule has 2 N–H and O–H groups in total. The topological polar surface area (TPSA) is 57.8 Å². The number of aromatic amines is 1. The summed E-state index contributed by atoms with van der Waals surface area (Å²) in [6.45, 7) is 6.92. The highest BCUT2D eigenvalue weighted by Crippen LogP contribution is 2.31. The molecule has 0 spiro atoms. The predicted octanol–water partition coefficient (Wildman–Crippen LogP) is 5.39. The maximum atomic E-state index is 12.8. The Balaban J connectivity index is 1.93. The Bertz CT molecular complexity index is 1170. The zero-order valence-electron chi connectivity index (χ0n) is 16.6. The van der Waals surface area contributed by atoms with Gasteiger partial charge in [0.25, 0.3) is 5.91 Å². The Morgan fingerprint density at radius 1 is 1.07 bits per heavy atom. The van der Waals surface area contributed by atoms with E-state index < -0.39 is 0 Å². The van der Waals surface area contributed by atoms with Crippen molar-refractivity contribution in [3.8, 4) is 11.3 Å². The number of amides is 1. The molecule has 1 amide bonds. The van der Waals surface area contributed by atoms with Gasteiger partial charge in [-0.2, -0.15) is 0 Å². The monoisotopic (exact) mass is 371 g/mol. The Labute approximate surface area is 165 Å². The van der Waals surface area contributed by atoms with Crippen LogP contribution in [0, 0.1) is 6.92 Å². The molecule has 142 valence electrons. The average molecular weight is 371 g/mol. The molecule has 0 radical (unpaired) electrons. The van der Waals surface area contributed by atoms with Crippen molar-refractivity contribution in [3.05, 3.63) is 65.4 Å². The van der Waals surface area contributed by atoms with E-state index in [1.807, 2.05) is 37.4 Å². The Hall–Kier alpha value is -3.14. The number of carbonyl (C=O) groups is 1. The van der Waals surface area contributed by atoms with Gasteiger partial charge in [0, 0.05) is 34.6 Å².